The average Bonchev–Trinajstić information content (AvgIpc) is 2.68. The second-order valence-electron chi connectivity index (χ2n) is 5.25. The number of hydrogen-bond acceptors (Lipinski definition) is 3. The Labute approximate surface area is 134 Å². The van der Waals surface area contributed by atoms with E-state index in [1.54, 1.807) is 4.68 Å². The first-order chi connectivity index (χ1) is 9.93. The van der Waals surface area contributed by atoms with Crippen molar-refractivity contribution in [1.29, 1.82) is 0 Å². The molecule has 1 aromatic heterocycles. The minimum Gasteiger partial charge on any atom is -0.439 e. The van der Waals surface area contributed by atoms with Crippen molar-refractivity contribution in [2.75, 3.05) is 6.54 Å². The lowest BCUT2D eigenvalue weighted by molar-refractivity contribution is 0.423. The third-order valence-electron chi connectivity index (χ3n) is 3.47. The van der Waals surface area contributed by atoms with E-state index in [9.17, 15) is 0 Å². The molecule has 0 radical (unpaired) electrons. The first-order valence-electron chi connectivity index (χ1n) is 7.11. The number of hydrogen-bond donors (Lipinski definition) is 1. The van der Waals surface area contributed by atoms with Crippen LogP contribution in [0.5, 0.6) is 11.6 Å². The van der Waals surface area contributed by atoms with Crippen molar-refractivity contribution >= 4 is 15.9 Å². The predicted octanol–water partition coefficient (Wildman–Crippen LogP) is 4.01. The molecule has 114 valence electrons. The molecule has 0 fully saturated rings. The molecule has 2 aromatic rings. The second kappa shape index (κ2) is 6.62. The highest BCUT2D eigenvalue weighted by molar-refractivity contribution is 9.10. The fraction of sp³-hybridized carbons (Fsp3) is 0.438. The molecule has 0 saturated heterocycles. The molecular formula is C16H22BrN3O. The Morgan fingerprint density at radius 1 is 1.24 bits per heavy atom. The number of aryl methyl sites for hydroxylation is 4. The van der Waals surface area contributed by atoms with Gasteiger partial charge in [0.05, 0.1) is 11.3 Å². The zero-order valence-corrected chi connectivity index (χ0v) is 14.8. The van der Waals surface area contributed by atoms with Gasteiger partial charge in [0.2, 0.25) is 5.88 Å². The Morgan fingerprint density at radius 2 is 1.86 bits per heavy atom. The van der Waals surface area contributed by atoms with Gasteiger partial charge in [-0.15, -0.1) is 0 Å². The second-order valence-corrected chi connectivity index (χ2v) is 6.04. The maximum absolute atomic E-state index is 6.11. The highest BCUT2D eigenvalue weighted by Gasteiger charge is 2.15. The van der Waals surface area contributed by atoms with Crippen molar-refractivity contribution in [2.24, 2.45) is 7.05 Å². The molecule has 0 saturated carbocycles. The summed E-state index contributed by atoms with van der Waals surface area (Å²) < 4.78 is 9.04. The number of aromatic nitrogens is 2. The van der Waals surface area contributed by atoms with Crippen LogP contribution in [0.15, 0.2) is 16.6 Å². The Bertz CT molecular complexity index is 626. The van der Waals surface area contributed by atoms with Gasteiger partial charge in [0, 0.05) is 18.1 Å². The van der Waals surface area contributed by atoms with E-state index in [4.69, 9.17) is 4.74 Å². The lowest BCUT2D eigenvalue weighted by Gasteiger charge is -2.12. The molecule has 0 unspecified atom stereocenters. The molecule has 0 aliphatic carbocycles. The van der Waals surface area contributed by atoms with Gasteiger partial charge in [-0.05, 0) is 50.6 Å². The molecule has 1 N–H and O–H groups in total. The van der Waals surface area contributed by atoms with E-state index in [0.29, 0.717) is 0 Å². The van der Waals surface area contributed by atoms with Crippen molar-refractivity contribution < 1.29 is 4.74 Å². The number of rotatable bonds is 5. The number of benzene rings is 1. The summed E-state index contributed by atoms with van der Waals surface area (Å²) in [5.74, 6) is 1.64. The van der Waals surface area contributed by atoms with Crippen LogP contribution in [0, 0.1) is 20.8 Å². The molecule has 0 atom stereocenters. The quantitative estimate of drug-likeness (QED) is 0.884. The van der Waals surface area contributed by atoms with E-state index < -0.39 is 0 Å². The third-order valence-corrected chi connectivity index (χ3v) is 4.72. The molecule has 21 heavy (non-hydrogen) atoms. The van der Waals surface area contributed by atoms with Crippen molar-refractivity contribution in [3.8, 4) is 11.6 Å². The highest BCUT2D eigenvalue weighted by Crippen LogP contribution is 2.31. The van der Waals surface area contributed by atoms with Crippen molar-refractivity contribution in [1.82, 2.24) is 15.1 Å². The molecule has 0 amide bonds. The summed E-state index contributed by atoms with van der Waals surface area (Å²) in [6.45, 7) is 9.92. The zero-order chi connectivity index (χ0) is 15.6. The van der Waals surface area contributed by atoms with Gasteiger partial charge in [-0.1, -0.05) is 22.9 Å². The lowest BCUT2D eigenvalue weighted by atomic mass is 10.1. The summed E-state index contributed by atoms with van der Waals surface area (Å²) >= 11 is 3.58. The fourth-order valence-corrected chi connectivity index (χ4v) is 2.57. The van der Waals surface area contributed by atoms with Gasteiger partial charge < -0.3 is 10.1 Å². The SMILES string of the molecule is CCNCc1c(C)nn(C)c1Oc1cc(C)c(Br)c(C)c1. The Kier molecular flexibility index (Phi) is 5.06. The third kappa shape index (κ3) is 3.47. The summed E-state index contributed by atoms with van der Waals surface area (Å²) in [5.41, 5.74) is 4.44. The summed E-state index contributed by atoms with van der Waals surface area (Å²) in [5, 5.41) is 7.80. The standard InChI is InChI=1S/C16H22BrN3O/c1-6-18-9-14-12(4)19-20(5)16(14)21-13-7-10(2)15(17)11(3)8-13/h7-8,18H,6,9H2,1-5H3. The van der Waals surface area contributed by atoms with Gasteiger partial charge >= 0.3 is 0 Å². The van der Waals surface area contributed by atoms with E-state index >= 15 is 0 Å². The van der Waals surface area contributed by atoms with Gasteiger partial charge in [0.15, 0.2) is 0 Å². The van der Waals surface area contributed by atoms with Crippen LogP contribution in [0.1, 0.15) is 29.3 Å². The topological polar surface area (TPSA) is 39.1 Å². The van der Waals surface area contributed by atoms with E-state index in [0.717, 1.165) is 51.6 Å². The van der Waals surface area contributed by atoms with E-state index in [-0.39, 0.29) is 0 Å². The maximum Gasteiger partial charge on any atom is 0.222 e. The van der Waals surface area contributed by atoms with Crippen molar-refractivity contribution in [3.05, 3.63) is 39.0 Å². The number of halogens is 1. The van der Waals surface area contributed by atoms with Gasteiger partial charge in [0.25, 0.3) is 0 Å². The molecule has 1 aromatic carbocycles. The summed E-state index contributed by atoms with van der Waals surface area (Å²) in [6.07, 6.45) is 0. The van der Waals surface area contributed by atoms with Crippen molar-refractivity contribution in [2.45, 2.75) is 34.2 Å². The minimum atomic E-state index is 0.764. The average molecular weight is 352 g/mol. The van der Waals surface area contributed by atoms with Crippen LogP contribution in [0.2, 0.25) is 0 Å². The highest BCUT2D eigenvalue weighted by atomic mass is 79.9. The number of nitrogens with zero attached hydrogens (tertiary/aromatic N) is 2. The van der Waals surface area contributed by atoms with Crippen LogP contribution >= 0.6 is 15.9 Å². The first kappa shape index (κ1) is 16.0. The first-order valence-corrected chi connectivity index (χ1v) is 7.91. The summed E-state index contributed by atoms with van der Waals surface area (Å²) in [6, 6.07) is 4.08. The van der Waals surface area contributed by atoms with Gasteiger partial charge in [-0.25, -0.2) is 4.68 Å². The molecule has 2 rings (SSSR count). The van der Waals surface area contributed by atoms with E-state index in [1.165, 1.54) is 0 Å². The largest absolute Gasteiger partial charge is 0.439 e. The molecule has 1 heterocycles. The molecule has 5 heteroatoms. The van der Waals surface area contributed by atoms with Crippen LogP contribution in [0.4, 0.5) is 0 Å². The van der Waals surface area contributed by atoms with Crippen LogP contribution < -0.4 is 10.1 Å². The molecule has 0 aliphatic heterocycles. The molecule has 0 bridgehead atoms. The van der Waals surface area contributed by atoms with Crippen LogP contribution in [-0.2, 0) is 13.6 Å². The molecule has 0 spiro atoms. The Hall–Kier alpha value is -1.33. The zero-order valence-electron chi connectivity index (χ0n) is 13.2. The molecular weight excluding hydrogens is 330 g/mol. The van der Waals surface area contributed by atoms with Gasteiger partial charge in [-0.2, -0.15) is 5.10 Å². The summed E-state index contributed by atoms with van der Waals surface area (Å²) in [4.78, 5) is 0. The number of ether oxygens (including phenoxy) is 1. The fourth-order valence-electron chi connectivity index (χ4n) is 2.34. The normalized spacial score (nSPS) is 11.0. The lowest BCUT2D eigenvalue weighted by Crippen LogP contribution is -2.12. The van der Waals surface area contributed by atoms with Crippen LogP contribution in [0.3, 0.4) is 0 Å². The minimum absolute atomic E-state index is 0.764. The van der Waals surface area contributed by atoms with Gasteiger partial charge in [0.1, 0.15) is 5.75 Å². The number of nitrogens with one attached hydrogen (secondary N) is 1. The maximum atomic E-state index is 6.11. The van der Waals surface area contributed by atoms with Crippen molar-refractivity contribution in [3.63, 3.8) is 0 Å². The Balaban J connectivity index is 2.35. The predicted molar refractivity (Wildman–Crippen MR) is 89.0 cm³/mol. The summed E-state index contributed by atoms with van der Waals surface area (Å²) in [7, 11) is 1.91. The van der Waals surface area contributed by atoms with Gasteiger partial charge in [-0.3, -0.25) is 0 Å². The molecule has 4 nitrogen and oxygen atoms in total. The Morgan fingerprint density at radius 3 is 2.43 bits per heavy atom. The monoisotopic (exact) mass is 351 g/mol. The van der Waals surface area contributed by atoms with E-state index in [1.807, 2.05) is 26.1 Å². The smallest absolute Gasteiger partial charge is 0.222 e. The molecule has 0 aliphatic rings. The van der Waals surface area contributed by atoms with E-state index in [2.05, 4.69) is 47.1 Å². The van der Waals surface area contributed by atoms with Crippen LogP contribution in [0.25, 0.3) is 0 Å². The van der Waals surface area contributed by atoms with Crippen LogP contribution in [-0.4, -0.2) is 16.3 Å².